The average Bonchev–Trinajstić information content (AvgIpc) is 2.44. The van der Waals surface area contributed by atoms with Gasteiger partial charge in [-0.05, 0) is 31.4 Å². The van der Waals surface area contributed by atoms with Crippen LogP contribution in [0.25, 0.3) is 0 Å². The number of hydrogen-bond acceptors (Lipinski definition) is 2. The van der Waals surface area contributed by atoms with Crippen molar-refractivity contribution in [3.63, 3.8) is 0 Å². The molecule has 1 aromatic rings. The molecular weight excluding hydrogens is 305 g/mol. The molecule has 1 aliphatic rings. The molecule has 2 atom stereocenters. The van der Waals surface area contributed by atoms with Gasteiger partial charge in [0.05, 0.1) is 5.56 Å². The number of carbonyl (C=O) groups excluding carboxylic acids is 1. The molecular formula is C17H23F3N2O. The molecule has 0 radical (unpaired) electrons. The Balaban J connectivity index is 2.14. The van der Waals surface area contributed by atoms with E-state index < -0.39 is 17.2 Å². The number of halogens is 3. The van der Waals surface area contributed by atoms with E-state index in [9.17, 15) is 18.0 Å². The highest BCUT2D eigenvalue weighted by Gasteiger charge is 2.40. The lowest BCUT2D eigenvalue weighted by Gasteiger charge is -2.43. The van der Waals surface area contributed by atoms with Gasteiger partial charge in [0.25, 0.3) is 0 Å². The minimum atomic E-state index is -4.35. The second kappa shape index (κ2) is 6.51. The maximum Gasteiger partial charge on any atom is 0.416 e. The van der Waals surface area contributed by atoms with E-state index in [1.807, 2.05) is 0 Å². The number of nitrogens with one attached hydrogen (secondary N) is 1. The molecule has 0 spiro atoms. The fraction of sp³-hybridized carbons (Fsp3) is 0.588. The summed E-state index contributed by atoms with van der Waals surface area (Å²) < 4.78 is 38.7. The van der Waals surface area contributed by atoms with Gasteiger partial charge >= 0.3 is 6.18 Å². The molecule has 0 aromatic heterocycles. The van der Waals surface area contributed by atoms with E-state index in [0.29, 0.717) is 12.1 Å². The van der Waals surface area contributed by atoms with Gasteiger partial charge in [0.1, 0.15) is 0 Å². The van der Waals surface area contributed by atoms with Crippen LogP contribution in [0.15, 0.2) is 24.3 Å². The standard InChI is InChI=1S/C17H23F3N2O/c1-11(12(2)21)15(23)22-10-16(7-4-8-16)13-5-3-6-14(9-13)17(18,19)20/h3,5-6,9,11-12H,4,7-8,10,21H2,1-2H3,(H,22,23). The first-order chi connectivity index (χ1) is 10.7. The molecule has 6 heteroatoms. The highest BCUT2D eigenvalue weighted by molar-refractivity contribution is 5.79. The first-order valence-corrected chi connectivity index (χ1v) is 7.87. The molecule has 1 aliphatic carbocycles. The number of hydrogen-bond donors (Lipinski definition) is 2. The first-order valence-electron chi connectivity index (χ1n) is 7.87. The lowest BCUT2D eigenvalue weighted by molar-refractivity contribution is -0.137. The third-order valence-electron chi connectivity index (χ3n) is 4.92. The van der Waals surface area contributed by atoms with Crippen molar-refractivity contribution >= 4 is 5.91 Å². The van der Waals surface area contributed by atoms with Crippen molar-refractivity contribution in [3.05, 3.63) is 35.4 Å². The number of rotatable bonds is 5. The maximum atomic E-state index is 12.9. The van der Waals surface area contributed by atoms with Gasteiger partial charge < -0.3 is 11.1 Å². The van der Waals surface area contributed by atoms with Crippen LogP contribution in [0.2, 0.25) is 0 Å². The number of benzene rings is 1. The second-order valence-electron chi connectivity index (χ2n) is 6.58. The number of alkyl halides is 3. The summed E-state index contributed by atoms with van der Waals surface area (Å²) in [6, 6.07) is 5.17. The van der Waals surface area contributed by atoms with Crippen LogP contribution in [0.1, 0.15) is 44.2 Å². The van der Waals surface area contributed by atoms with Crippen LogP contribution < -0.4 is 11.1 Å². The number of nitrogens with two attached hydrogens (primary N) is 1. The molecule has 23 heavy (non-hydrogen) atoms. The SMILES string of the molecule is CC(N)C(C)C(=O)NCC1(c2cccc(C(F)(F)F)c2)CCC1. The topological polar surface area (TPSA) is 55.1 Å². The van der Waals surface area contributed by atoms with Crippen LogP contribution >= 0.6 is 0 Å². The smallest absolute Gasteiger partial charge is 0.355 e. The van der Waals surface area contributed by atoms with Gasteiger partial charge in [-0.1, -0.05) is 31.5 Å². The van der Waals surface area contributed by atoms with E-state index in [1.165, 1.54) is 12.1 Å². The Kier molecular flexibility index (Phi) is 5.04. The Morgan fingerprint density at radius 2 is 2.00 bits per heavy atom. The maximum absolute atomic E-state index is 12.9. The summed E-state index contributed by atoms with van der Waals surface area (Å²) >= 11 is 0. The summed E-state index contributed by atoms with van der Waals surface area (Å²) in [6.45, 7) is 3.86. The molecule has 0 saturated heterocycles. The van der Waals surface area contributed by atoms with E-state index in [0.717, 1.165) is 25.3 Å². The van der Waals surface area contributed by atoms with Crippen LogP contribution in [-0.2, 0) is 16.4 Å². The zero-order chi connectivity index (χ0) is 17.3. The lowest BCUT2D eigenvalue weighted by atomic mass is 9.64. The second-order valence-corrected chi connectivity index (χ2v) is 6.58. The molecule has 3 nitrogen and oxygen atoms in total. The van der Waals surface area contributed by atoms with Crippen LogP contribution in [0.3, 0.4) is 0 Å². The van der Waals surface area contributed by atoms with Gasteiger partial charge in [-0.15, -0.1) is 0 Å². The van der Waals surface area contributed by atoms with Crippen molar-refractivity contribution in [3.8, 4) is 0 Å². The molecule has 2 rings (SSSR count). The highest BCUT2D eigenvalue weighted by atomic mass is 19.4. The van der Waals surface area contributed by atoms with Gasteiger partial charge in [-0.25, -0.2) is 0 Å². The van der Waals surface area contributed by atoms with Gasteiger partial charge in [-0.3, -0.25) is 4.79 Å². The Morgan fingerprint density at radius 3 is 2.48 bits per heavy atom. The van der Waals surface area contributed by atoms with Crippen LogP contribution in [0.4, 0.5) is 13.2 Å². The van der Waals surface area contributed by atoms with E-state index in [-0.39, 0.29) is 17.9 Å². The fourth-order valence-corrected chi connectivity index (χ4v) is 2.85. The normalized spacial score (nSPS) is 19.6. The predicted octanol–water partition coefficient (Wildman–Crippen LogP) is 3.23. The van der Waals surface area contributed by atoms with E-state index in [2.05, 4.69) is 5.32 Å². The molecule has 3 N–H and O–H groups in total. The van der Waals surface area contributed by atoms with Gasteiger partial charge in [-0.2, -0.15) is 13.2 Å². The highest BCUT2D eigenvalue weighted by Crippen LogP contribution is 2.44. The molecule has 0 heterocycles. The fourth-order valence-electron chi connectivity index (χ4n) is 2.85. The summed E-state index contributed by atoms with van der Waals surface area (Å²) in [5.74, 6) is -0.480. The molecule has 1 amide bonds. The summed E-state index contributed by atoms with van der Waals surface area (Å²) in [7, 11) is 0. The van der Waals surface area contributed by atoms with Gasteiger partial charge in [0.2, 0.25) is 5.91 Å². The van der Waals surface area contributed by atoms with Crippen molar-refractivity contribution < 1.29 is 18.0 Å². The molecule has 1 aromatic carbocycles. The quantitative estimate of drug-likeness (QED) is 0.872. The summed E-state index contributed by atoms with van der Waals surface area (Å²) in [4.78, 5) is 12.1. The van der Waals surface area contributed by atoms with Crippen LogP contribution in [0, 0.1) is 5.92 Å². The van der Waals surface area contributed by atoms with Crippen LogP contribution in [0.5, 0.6) is 0 Å². The Morgan fingerprint density at radius 1 is 1.35 bits per heavy atom. The summed E-state index contributed by atoms with van der Waals surface area (Å²) in [5.41, 5.74) is 5.32. The number of carbonyl (C=O) groups is 1. The van der Waals surface area contributed by atoms with Crippen molar-refractivity contribution in [2.24, 2.45) is 11.7 Å². The number of amides is 1. The van der Waals surface area contributed by atoms with Crippen molar-refractivity contribution in [1.29, 1.82) is 0 Å². The summed E-state index contributed by atoms with van der Waals surface area (Å²) in [5, 5.41) is 2.86. The van der Waals surface area contributed by atoms with Crippen molar-refractivity contribution in [2.75, 3.05) is 6.54 Å². The molecule has 1 fully saturated rings. The minimum absolute atomic E-state index is 0.154. The van der Waals surface area contributed by atoms with Gasteiger partial charge in [0.15, 0.2) is 0 Å². The van der Waals surface area contributed by atoms with Gasteiger partial charge in [0, 0.05) is 23.9 Å². The molecule has 0 bridgehead atoms. The first kappa shape index (κ1) is 17.8. The Bertz CT molecular complexity index is 565. The molecule has 1 saturated carbocycles. The zero-order valence-electron chi connectivity index (χ0n) is 13.4. The van der Waals surface area contributed by atoms with Crippen molar-refractivity contribution in [1.82, 2.24) is 5.32 Å². The predicted molar refractivity (Wildman–Crippen MR) is 82.8 cm³/mol. The third kappa shape index (κ3) is 3.86. The monoisotopic (exact) mass is 328 g/mol. The largest absolute Gasteiger partial charge is 0.416 e. The average molecular weight is 328 g/mol. The van der Waals surface area contributed by atoms with E-state index in [1.54, 1.807) is 19.9 Å². The molecule has 2 unspecified atom stereocenters. The van der Waals surface area contributed by atoms with Crippen LogP contribution in [-0.4, -0.2) is 18.5 Å². The summed E-state index contributed by atoms with van der Waals surface area (Å²) in [6.07, 6.45) is -1.84. The lowest BCUT2D eigenvalue weighted by Crippen LogP contribution is -2.48. The van der Waals surface area contributed by atoms with Crippen molar-refractivity contribution in [2.45, 2.75) is 50.7 Å². The van der Waals surface area contributed by atoms with E-state index in [4.69, 9.17) is 5.73 Å². The molecule has 0 aliphatic heterocycles. The Hall–Kier alpha value is -1.56. The van der Waals surface area contributed by atoms with E-state index >= 15 is 0 Å². The third-order valence-corrected chi connectivity index (χ3v) is 4.92. The minimum Gasteiger partial charge on any atom is -0.355 e. The Labute approximate surface area is 134 Å². The zero-order valence-corrected chi connectivity index (χ0v) is 13.4. The molecule has 128 valence electrons.